The summed E-state index contributed by atoms with van der Waals surface area (Å²) in [5.41, 5.74) is 5.64. The average molecular weight is 373 g/mol. The Labute approximate surface area is 149 Å². The minimum atomic E-state index is -0.593. The van der Waals surface area contributed by atoms with Crippen LogP contribution >= 0.6 is 23.2 Å². The zero-order valence-electron chi connectivity index (χ0n) is 12.9. The van der Waals surface area contributed by atoms with E-state index in [1.54, 1.807) is 18.2 Å². The van der Waals surface area contributed by atoms with E-state index >= 15 is 0 Å². The first kappa shape index (κ1) is 18.5. The SMILES string of the molecule is NCC(=O)NCC(=O)N1CCCC1C(=O)Nc1cc(Cl)cc(Cl)c1. The van der Waals surface area contributed by atoms with Gasteiger partial charge in [0.15, 0.2) is 0 Å². The zero-order valence-corrected chi connectivity index (χ0v) is 14.4. The van der Waals surface area contributed by atoms with Crippen LogP contribution in [0.2, 0.25) is 10.0 Å². The molecule has 1 aliphatic rings. The Morgan fingerprint density at radius 1 is 1.21 bits per heavy atom. The third kappa shape index (κ3) is 4.83. The van der Waals surface area contributed by atoms with Crippen molar-refractivity contribution in [3.63, 3.8) is 0 Å². The van der Waals surface area contributed by atoms with Gasteiger partial charge in [0, 0.05) is 22.3 Å². The summed E-state index contributed by atoms with van der Waals surface area (Å²) < 4.78 is 0. The van der Waals surface area contributed by atoms with E-state index in [9.17, 15) is 14.4 Å². The molecule has 1 atom stereocenters. The van der Waals surface area contributed by atoms with E-state index in [4.69, 9.17) is 28.9 Å². The van der Waals surface area contributed by atoms with Crippen molar-refractivity contribution in [1.29, 1.82) is 0 Å². The van der Waals surface area contributed by atoms with Crippen LogP contribution in [-0.2, 0) is 14.4 Å². The largest absolute Gasteiger partial charge is 0.346 e. The molecule has 1 saturated heterocycles. The first-order chi connectivity index (χ1) is 11.4. The van der Waals surface area contributed by atoms with Gasteiger partial charge in [-0.05, 0) is 31.0 Å². The summed E-state index contributed by atoms with van der Waals surface area (Å²) in [4.78, 5) is 37.2. The normalized spacial score (nSPS) is 16.8. The highest BCUT2D eigenvalue weighted by Crippen LogP contribution is 2.24. The minimum Gasteiger partial charge on any atom is -0.346 e. The van der Waals surface area contributed by atoms with Gasteiger partial charge in [-0.2, -0.15) is 0 Å². The fourth-order valence-electron chi connectivity index (χ4n) is 2.54. The Morgan fingerprint density at radius 2 is 1.88 bits per heavy atom. The van der Waals surface area contributed by atoms with Gasteiger partial charge in [-0.25, -0.2) is 0 Å². The third-order valence-corrected chi connectivity index (χ3v) is 4.06. The van der Waals surface area contributed by atoms with Crippen LogP contribution in [0.1, 0.15) is 12.8 Å². The fourth-order valence-corrected chi connectivity index (χ4v) is 3.06. The molecular formula is C15H18Cl2N4O3. The van der Waals surface area contributed by atoms with Crippen LogP contribution < -0.4 is 16.4 Å². The van der Waals surface area contributed by atoms with Crippen LogP contribution in [0.5, 0.6) is 0 Å². The Hall–Kier alpha value is -1.83. The molecule has 0 spiro atoms. The Bertz CT molecular complexity index is 633. The minimum absolute atomic E-state index is 0.178. The van der Waals surface area contributed by atoms with E-state index in [0.29, 0.717) is 35.1 Å². The molecule has 3 amide bonds. The Balaban J connectivity index is 1.99. The predicted molar refractivity (Wildman–Crippen MR) is 91.9 cm³/mol. The fraction of sp³-hybridized carbons (Fsp3) is 0.400. The maximum absolute atomic E-state index is 12.4. The number of hydrogen-bond donors (Lipinski definition) is 3. The molecule has 2 rings (SSSR count). The summed E-state index contributed by atoms with van der Waals surface area (Å²) in [5.74, 6) is -1.06. The lowest BCUT2D eigenvalue weighted by Crippen LogP contribution is -2.47. The number of nitrogens with zero attached hydrogens (tertiary/aromatic N) is 1. The van der Waals surface area contributed by atoms with Crippen molar-refractivity contribution < 1.29 is 14.4 Å². The first-order valence-electron chi connectivity index (χ1n) is 7.44. The quantitative estimate of drug-likeness (QED) is 0.716. The molecule has 0 saturated carbocycles. The number of hydrogen-bond acceptors (Lipinski definition) is 4. The molecule has 1 aromatic carbocycles. The van der Waals surface area contributed by atoms with Crippen molar-refractivity contribution in [3.8, 4) is 0 Å². The van der Waals surface area contributed by atoms with Crippen molar-refractivity contribution in [2.75, 3.05) is 25.0 Å². The molecule has 130 valence electrons. The lowest BCUT2D eigenvalue weighted by molar-refractivity contribution is -0.137. The first-order valence-corrected chi connectivity index (χ1v) is 8.19. The van der Waals surface area contributed by atoms with Crippen molar-refractivity contribution in [2.24, 2.45) is 5.73 Å². The van der Waals surface area contributed by atoms with Gasteiger partial charge in [0.2, 0.25) is 17.7 Å². The molecule has 0 radical (unpaired) electrons. The number of amides is 3. The molecule has 7 nitrogen and oxygen atoms in total. The van der Waals surface area contributed by atoms with Crippen LogP contribution in [0.25, 0.3) is 0 Å². The standard InChI is InChI=1S/C15H18Cl2N4O3/c16-9-4-10(17)6-11(5-9)20-15(24)12-2-1-3-21(12)14(23)8-19-13(22)7-18/h4-6,12H,1-3,7-8,18H2,(H,19,22)(H,20,24). The van der Waals surface area contributed by atoms with Gasteiger partial charge >= 0.3 is 0 Å². The predicted octanol–water partition coefficient (Wildman–Crippen LogP) is 0.998. The van der Waals surface area contributed by atoms with Gasteiger partial charge in [-0.3, -0.25) is 14.4 Å². The number of benzene rings is 1. The summed E-state index contributed by atoms with van der Waals surface area (Å²) in [6.45, 7) is 0.0985. The molecule has 1 aromatic rings. The summed E-state index contributed by atoms with van der Waals surface area (Å²) >= 11 is 11.8. The summed E-state index contributed by atoms with van der Waals surface area (Å²) in [6, 6.07) is 4.12. The number of rotatable bonds is 5. The van der Waals surface area contributed by atoms with E-state index < -0.39 is 11.9 Å². The van der Waals surface area contributed by atoms with Gasteiger partial charge in [-0.15, -0.1) is 0 Å². The van der Waals surface area contributed by atoms with Crippen LogP contribution in [0.4, 0.5) is 5.69 Å². The van der Waals surface area contributed by atoms with Crippen LogP contribution in [0.15, 0.2) is 18.2 Å². The molecule has 9 heteroatoms. The van der Waals surface area contributed by atoms with Crippen molar-refractivity contribution in [3.05, 3.63) is 28.2 Å². The van der Waals surface area contributed by atoms with Crippen molar-refractivity contribution in [2.45, 2.75) is 18.9 Å². The lowest BCUT2D eigenvalue weighted by atomic mass is 10.2. The Kier molecular flexibility index (Phi) is 6.42. The topological polar surface area (TPSA) is 105 Å². The second kappa shape index (κ2) is 8.32. The molecule has 1 unspecified atom stereocenters. The number of carbonyl (C=O) groups is 3. The van der Waals surface area contributed by atoms with Gasteiger partial charge in [-0.1, -0.05) is 23.2 Å². The average Bonchev–Trinajstić information content (AvgIpc) is 3.00. The lowest BCUT2D eigenvalue weighted by Gasteiger charge is -2.24. The number of carbonyl (C=O) groups excluding carboxylic acids is 3. The van der Waals surface area contributed by atoms with Gasteiger partial charge in [0.25, 0.3) is 0 Å². The second-order valence-electron chi connectivity index (χ2n) is 5.37. The molecule has 24 heavy (non-hydrogen) atoms. The molecule has 0 aromatic heterocycles. The maximum Gasteiger partial charge on any atom is 0.247 e. The van der Waals surface area contributed by atoms with Gasteiger partial charge in [0.1, 0.15) is 6.04 Å². The summed E-state index contributed by atoms with van der Waals surface area (Å²) in [5, 5.41) is 5.94. The van der Waals surface area contributed by atoms with E-state index in [2.05, 4.69) is 10.6 Å². The van der Waals surface area contributed by atoms with E-state index in [0.717, 1.165) is 0 Å². The summed E-state index contributed by atoms with van der Waals surface area (Å²) in [7, 11) is 0. The van der Waals surface area contributed by atoms with E-state index in [-0.39, 0.29) is 24.9 Å². The monoisotopic (exact) mass is 372 g/mol. The smallest absolute Gasteiger partial charge is 0.247 e. The highest BCUT2D eigenvalue weighted by atomic mass is 35.5. The zero-order chi connectivity index (χ0) is 17.7. The molecule has 0 bridgehead atoms. The second-order valence-corrected chi connectivity index (χ2v) is 6.25. The van der Waals surface area contributed by atoms with Gasteiger partial charge in [0.05, 0.1) is 13.1 Å². The maximum atomic E-state index is 12.4. The molecule has 4 N–H and O–H groups in total. The summed E-state index contributed by atoms with van der Waals surface area (Å²) in [6.07, 6.45) is 1.27. The van der Waals surface area contributed by atoms with E-state index in [1.807, 2.05) is 0 Å². The Morgan fingerprint density at radius 3 is 2.50 bits per heavy atom. The number of likely N-dealkylation sites (tertiary alicyclic amines) is 1. The van der Waals surface area contributed by atoms with Crippen LogP contribution in [0.3, 0.4) is 0 Å². The van der Waals surface area contributed by atoms with Crippen molar-refractivity contribution in [1.82, 2.24) is 10.2 Å². The van der Waals surface area contributed by atoms with E-state index in [1.165, 1.54) is 4.90 Å². The molecule has 1 fully saturated rings. The highest BCUT2D eigenvalue weighted by molar-refractivity contribution is 6.35. The van der Waals surface area contributed by atoms with Crippen molar-refractivity contribution >= 4 is 46.6 Å². The van der Waals surface area contributed by atoms with Crippen LogP contribution in [-0.4, -0.2) is 48.3 Å². The number of nitrogens with two attached hydrogens (primary N) is 1. The molecule has 1 heterocycles. The highest BCUT2D eigenvalue weighted by Gasteiger charge is 2.34. The number of nitrogens with one attached hydrogen (secondary N) is 2. The molecular weight excluding hydrogens is 355 g/mol. The van der Waals surface area contributed by atoms with Crippen LogP contribution in [0, 0.1) is 0 Å². The van der Waals surface area contributed by atoms with Gasteiger partial charge < -0.3 is 21.3 Å². The number of anilines is 1. The molecule has 1 aliphatic heterocycles. The number of halogens is 2. The third-order valence-electron chi connectivity index (χ3n) is 3.63. The molecule has 0 aliphatic carbocycles.